The van der Waals surface area contributed by atoms with Gasteiger partial charge in [0.05, 0.1) is 5.52 Å². The Labute approximate surface area is 253 Å². The van der Waals surface area contributed by atoms with Crippen molar-refractivity contribution in [2.75, 3.05) is 4.90 Å². The molecule has 0 amide bonds. The summed E-state index contributed by atoms with van der Waals surface area (Å²) in [5, 5.41) is 6.65. The van der Waals surface area contributed by atoms with Gasteiger partial charge in [-0.05, 0) is 155 Å². The van der Waals surface area contributed by atoms with Crippen LogP contribution in [0.15, 0.2) is 109 Å². The van der Waals surface area contributed by atoms with Crippen molar-refractivity contribution in [3.05, 3.63) is 143 Å². The van der Waals surface area contributed by atoms with E-state index in [2.05, 4.69) is 130 Å². The summed E-state index contributed by atoms with van der Waals surface area (Å²) in [6, 6.07) is 38.6. The molecule has 0 radical (unpaired) electrons. The molecule has 0 fully saturated rings. The zero-order valence-corrected chi connectivity index (χ0v) is 25.2. The Kier molecular flexibility index (Phi) is 5.87. The van der Waals surface area contributed by atoms with E-state index in [0.29, 0.717) is 0 Å². The summed E-state index contributed by atoms with van der Waals surface area (Å²) in [6.45, 7) is 8.72. The molecular formula is C41H34N2. The van der Waals surface area contributed by atoms with E-state index in [1.165, 1.54) is 88.5 Å². The smallest absolute Gasteiger partial charge is 0.0740 e. The average molecular weight is 555 g/mol. The van der Waals surface area contributed by atoms with E-state index in [0.717, 1.165) is 18.4 Å². The Morgan fingerprint density at radius 2 is 1.09 bits per heavy atom. The van der Waals surface area contributed by atoms with Crippen molar-refractivity contribution < 1.29 is 0 Å². The van der Waals surface area contributed by atoms with Crippen LogP contribution in [0.2, 0.25) is 0 Å². The lowest BCUT2D eigenvalue weighted by molar-refractivity contribution is 0.974. The predicted molar refractivity (Wildman–Crippen MR) is 183 cm³/mol. The van der Waals surface area contributed by atoms with Crippen LogP contribution in [-0.2, 0) is 12.8 Å². The van der Waals surface area contributed by atoms with Crippen molar-refractivity contribution in [1.82, 2.24) is 4.98 Å². The van der Waals surface area contributed by atoms with E-state index in [4.69, 9.17) is 4.98 Å². The van der Waals surface area contributed by atoms with Crippen LogP contribution >= 0.6 is 0 Å². The van der Waals surface area contributed by atoms with E-state index < -0.39 is 0 Å². The summed E-state index contributed by atoms with van der Waals surface area (Å²) in [7, 11) is 0. The molecule has 2 nitrogen and oxygen atoms in total. The molecule has 0 atom stereocenters. The molecule has 8 rings (SSSR count). The molecule has 43 heavy (non-hydrogen) atoms. The molecule has 0 saturated heterocycles. The summed E-state index contributed by atoms with van der Waals surface area (Å²) in [6.07, 6.45) is 3.96. The third kappa shape index (κ3) is 4.29. The lowest BCUT2D eigenvalue weighted by Crippen LogP contribution is -2.11. The molecule has 1 aliphatic rings. The topological polar surface area (TPSA) is 16.1 Å². The highest BCUT2D eigenvalue weighted by Crippen LogP contribution is 2.43. The molecule has 0 bridgehead atoms. The van der Waals surface area contributed by atoms with Gasteiger partial charge in [0.25, 0.3) is 0 Å². The summed E-state index contributed by atoms with van der Waals surface area (Å²) < 4.78 is 0. The predicted octanol–water partition coefficient (Wildman–Crippen LogP) is 11.0. The highest BCUT2D eigenvalue weighted by Gasteiger charge is 2.22. The fraction of sp³-hybridized carbons (Fsp3) is 0.146. The number of anilines is 3. The van der Waals surface area contributed by atoms with Crippen LogP contribution in [0, 0.1) is 27.7 Å². The average Bonchev–Trinajstić information content (AvgIpc) is 2.99. The minimum absolute atomic E-state index is 1.01. The molecule has 1 aromatic heterocycles. The highest BCUT2D eigenvalue weighted by molar-refractivity contribution is 6.17. The standard InChI is InChI=1S/C41H34N2/c1-25-18-26(2)21-34(20-25)43(35-22-27(3)19-28(4)23-35)33-12-9-29(10-13-33)36-14-11-30-7-8-31-24-32-6-5-17-42-41(32)38-16-15-37(36)39(30)40(31)38/h5-14,17-24H,15-16H2,1-4H3. The summed E-state index contributed by atoms with van der Waals surface area (Å²) in [5.74, 6) is 0. The first-order chi connectivity index (χ1) is 20.9. The zero-order chi connectivity index (χ0) is 29.2. The minimum atomic E-state index is 1.01. The van der Waals surface area contributed by atoms with Crippen molar-refractivity contribution in [2.45, 2.75) is 40.5 Å². The lowest BCUT2D eigenvalue weighted by atomic mass is 9.81. The van der Waals surface area contributed by atoms with Gasteiger partial charge < -0.3 is 4.90 Å². The molecule has 1 aliphatic carbocycles. The van der Waals surface area contributed by atoms with Crippen molar-refractivity contribution in [2.24, 2.45) is 0 Å². The normalized spacial score (nSPS) is 12.5. The highest BCUT2D eigenvalue weighted by atomic mass is 15.1. The van der Waals surface area contributed by atoms with Crippen molar-refractivity contribution in [3.63, 3.8) is 0 Å². The van der Waals surface area contributed by atoms with Crippen LogP contribution in [0.3, 0.4) is 0 Å². The van der Waals surface area contributed by atoms with Gasteiger partial charge in [-0.3, -0.25) is 4.98 Å². The second-order valence-electron chi connectivity index (χ2n) is 12.4. The lowest BCUT2D eigenvalue weighted by Gasteiger charge is -2.27. The van der Waals surface area contributed by atoms with E-state index in [-0.39, 0.29) is 0 Å². The van der Waals surface area contributed by atoms with E-state index in [1.807, 2.05) is 12.3 Å². The van der Waals surface area contributed by atoms with Gasteiger partial charge in [-0.2, -0.15) is 0 Å². The van der Waals surface area contributed by atoms with Gasteiger partial charge in [-0.1, -0.05) is 54.6 Å². The first-order valence-electron chi connectivity index (χ1n) is 15.2. The Balaban J connectivity index is 1.28. The van der Waals surface area contributed by atoms with E-state index >= 15 is 0 Å². The van der Waals surface area contributed by atoms with Crippen molar-refractivity contribution in [3.8, 4) is 11.1 Å². The number of fused-ring (bicyclic) bond motifs is 2. The number of nitrogens with zero attached hydrogens (tertiary/aromatic N) is 2. The molecule has 1 heterocycles. The summed E-state index contributed by atoms with van der Waals surface area (Å²) in [5.41, 5.74) is 15.2. The number of hydrogen-bond donors (Lipinski definition) is 0. The number of benzene rings is 6. The molecular weight excluding hydrogens is 520 g/mol. The molecule has 0 saturated carbocycles. The van der Waals surface area contributed by atoms with Gasteiger partial charge in [0.15, 0.2) is 0 Å². The third-order valence-electron chi connectivity index (χ3n) is 9.05. The van der Waals surface area contributed by atoms with Crippen LogP contribution < -0.4 is 4.90 Å². The Hall–Kier alpha value is -4.95. The second kappa shape index (κ2) is 9.81. The fourth-order valence-corrected chi connectivity index (χ4v) is 7.45. The summed E-state index contributed by atoms with van der Waals surface area (Å²) >= 11 is 0. The largest absolute Gasteiger partial charge is 0.310 e. The Bertz CT molecular complexity index is 2130. The number of rotatable bonds is 4. The molecule has 0 aliphatic heterocycles. The second-order valence-corrected chi connectivity index (χ2v) is 12.4. The number of aryl methyl sites for hydroxylation is 6. The van der Waals surface area contributed by atoms with Gasteiger partial charge in [0.1, 0.15) is 0 Å². The maximum absolute atomic E-state index is 4.81. The van der Waals surface area contributed by atoms with Gasteiger partial charge in [-0.15, -0.1) is 0 Å². The number of hydrogen-bond acceptors (Lipinski definition) is 2. The quantitative estimate of drug-likeness (QED) is 0.159. The van der Waals surface area contributed by atoms with E-state index in [1.54, 1.807) is 0 Å². The van der Waals surface area contributed by atoms with Gasteiger partial charge in [0, 0.05) is 28.6 Å². The first kappa shape index (κ1) is 25.7. The monoisotopic (exact) mass is 554 g/mol. The maximum atomic E-state index is 4.81. The van der Waals surface area contributed by atoms with Gasteiger partial charge >= 0.3 is 0 Å². The van der Waals surface area contributed by atoms with Crippen LogP contribution in [0.1, 0.15) is 33.4 Å². The van der Waals surface area contributed by atoms with Crippen LogP contribution in [0.5, 0.6) is 0 Å². The van der Waals surface area contributed by atoms with Crippen molar-refractivity contribution in [1.29, 1.82) is 0 Å². The van der Waals surface area contributed by atoms with Crippen LogP contribution in [0.25, 0.3) is 43.6 Å². The maximum Gasteiger partial charge on any atom is 0.0740 e. The summed E-state index contributed by atoms with van der Waals surface area (Å²) in [4.78, 5) is 7.21. The fourth-order valence-electron chi connectivity index (χ4n) is 7.45. The number of aromatic nitrogens is 1. The third-order valence-corrected chi connectivity index (χ3v) is 9.05. The minimum Gasteiger partial charge on any atom is -0.310 e. The zero-order valence-electron chi connectivity index (χ0n) is 25.2. The Morgan fingerprint density at radius 3 is 1.77 bits per heavy atom. The molecule has 0 spiro atoms. The van der Waals surface area contributed by atoms with Crippen LogP contribution in [-0.4, -0.2) is 4.98 Å². The molecule has 7 aromatic rings. The Morgan fingerprint density at radius 1 is 0.512 bits per heavy atom. The van der Waals surface area contributed by atoms with Gasteiger partial charge in [0.2, 0.25) is 0 Å². The van der Waals surface area contributed by atoms with Gasteiger partial charge in [-0.25, -0.2) is 0 Å². The van der Waals surface area contributed by atoms with Crippen molar-refractivity contribution >= 4 is 49.5 Å². The molecule has 6 aromatic carbocycles. The molecule has 0 unspecified atom stereocenters. The van der Waals surface area contributed by atoms with E-state index in [9.17, 15) is 0 Å². The molecule has 208 valence electrons. The molecule has 0 N–H and O–H groups in total. The van der Waals surface area contributed by atoms with Crippen LogP contribution in [0.4, 0.5) is 17.1 Å². The first-order valence-corrected chi connectivity index (χ1v) is 15.2. The SMILES string of the molecule is Cc1cc(C)cc(N(c2ccc(-c3ccc4ccc5cc6cccnc6c6c5c4c3CC6)cc2)c2cc(C)cc(C)c2)c1. The molecule has 2 heteroatoms. The number of pyridine rings is 1.